The molecule has 0 aromatic rings. The van der Waals surface area contributed by atoms with Crippen molar-refractivity contribution in [2.75, 3.05) is 6.54 Å². The van der Waals surface area contributed by atoms with Crippen LogP contribution in [-0.4, -0.2) is 35.9 Å². The van der Waals surface area contributed by atoms with E-state index in [1.165, 1.54) is 0 Å². The van der Waals surface area contributed by atoms with E-state index in [1.54, 1.807) is 0 Å². The first-order valence-electron chi connectivity index (χ1n) is 5.58. The Bertz CT molecular complexity index is 263. The summed E-state index contributed by atoms with van der Waals surface area (Å²) in [7, 11) is 0. The molecule has 100 valence electrons. The number of aliphatic hydroxyl groups excluding tert-OH is 1. The zero-order valence-electron chi connectivity index (χ0n) is 9.33. The number of halogens is 3. The molecule has 1 fully saturated rings. The largest absolute Gasteiger partial charge is 0.416 e. The molecule has 1 atom stereocenters. The molecule has 0 radical (unpaired) electrons. The molecule has 0 heterocycles. The van der Waals surface area contributed by atoms with Crippen molar-refractivity contribution in [3.05, 3.63) is 0 Å². The van der Waals surface area contributed by atoms with Crippen LogP contribution in [0.2, 0.25) is 0 Å². The van der Waals surface area contributed by atoms with E-state index in [1.807, 2.05) is 0 Å². The topological polar surface area (TPSA) is 75.4 Å². The normalized spacial score (nSPS) is 27.6. The minimum atomic E-state index is -4.69. The first kappa shape index (κ1) is 14.2. The number of hydrogen-bond acceptors (Lipinski definition) is 3. The van der Waals surface area contributed by atoms with Gasteiger partial charge in [-0.3, -0.25) is 4.79 Å². The number of carbonyl (C=O) groups excluding carboxylic acids is 1. The molecule has 0 aromatic carbocycles. The fourth-order valence-corrected chi connectivity index (χ4v) is 1.84. The summed E-state index contributed by atoms with van der Waals surface area (Å²) in [6, 6.07) is 0.0832. The van der Waals surface area contributed by atoms with E-state index in [2.05, 4.69) is 5.32 Å². The third-order valence-corrected chi connectivity index (χ3v) is 2.99. The van der Waals surface area contributed by atoms with Gasteiger partial charge in [-0.25, -0.2) is 0 Å². The molecule has 4 N–H and O–H groups in total. The maximum Gasteiger partial charge on any atom is 0.416 e. The van der Waals surface area contributed by atoms with Crippen molar-refractivity contribution in [2.24, 2.45) is 11.7 Å². The highest BCUT2D eigenvalue weighted by atomic mass is 19.4. The maximum atomic E-state index is 12.0. The summed E-state index contributed by atoms with van der Waals surface area (Å²) < 4.78 is 35.9. The highest BCUT2D eigenvalue weighted by Gasteiger charge is 2.38. The molecule has 1 amide bonds. The minimum absolute atomic E-state index is 0.0832. The Kier molecular flexibility index (Phi) is 4.76. The second kappa shape index (κ2) is 5.68. The zero-order valence-corrected chi connectivity index (χ0v) is 9.33. The van der Waals surface area contributed by atoms with Crippen molar-refractivity contribution in [1.82, 2.24) is 5.32 Å². The first-order valence-corrected chi connectivity index (χ1v) is 5.58. The summed E-state index contributed by atoms with van der Waals surface area (Å²) >= 11 is 0. The van der Waals surface area contributed by atoms with Crippen LogP contribution < -0.4 is 11.1 Å². The van der Waals surface area contributed by atoms with Gasteiger partial charge in [0, 0.05) is 12.0 Å². The molecule has 4 nitrogen and oxygen atoms in total. The fourth-order valence-electron chi connectivity index (χ4n) is 1.84. The van der Waals surface area contributed by atoms with Gasteiger partial charge >= 0.3 is 6.18 Å². The van der Waals surface area contributed by atoms with Crippen molar-refractivity contribution in [1.29, 1.82) is 0 Å². The van der Waals surface area contributed by atoms with Gasteiger partial charge in [-0.05, 0) is 25.7 Å². The van der Waals surface area contributed by atoms with Crippen LogP contribution in [0.15, 0.2) is 0 Å². The zero-order chi connectivity index (χ0) is 13.1. The molecule has 1 aliphatic rings. The summed E-state index contributed by atoms with van der Waals surface area (Å²) in [5.74, 6) is -0.713. The molecule has 0 aliphatic heterocycles. The van der Waals surface area contributed by atoms with E-state index < -0.39 is 24.7 Å². The molecule has 1 unspecified atom stereocenters. The van der Waals surface area contributed by atoms with Crippen LogP contribution in [0.3, 0.4) is 0 Å². The van der Waals surface area contributed by atoms with Crippen LogP contribution >= 0.6 is 0 Å². The quantitative estimate of drug-likeness (QED) is 0.688. The van der Waals surface area contributed by atoms with Crippen LogP contribution in [-0.2, 0) is 4.79 Å². The number of nitrogens with two attached hydrogens (primary N) is 1. The summed E-state index contributed by atoms with van der Waals surface area (Å²) in [5, 5.41) is 10.8. The summed E-state index contributed by atoms with van der Waals surface area (Å²) in [4.78, 5) is 11.5. The van der Waals surface area contributed by atoms with Crippen LogP contribution in [0, 0.1) is 5.92 Å². The standard InChI is InChI=1S/C10H17F3N2O2/c11-10(12,13)8(16)5-15-9(17)6-1-3-7(14)4-2-6/h6-8,16H,1-5,14H2,(H,15,17). The molecular weight excluding hydrogens is 237 g/mol. The number of alkyl halides is 3. The van der Waals surface area contributed by atoms with Crippen molar-refractivity contribution in [3.8, 4) is 0 Å². The SMILES string of the molecule is NC1CCC(C(=O)NCC(O)C(F)(F)F)CC1. The predicted octanol–water partition coefficient (Wildman–Crippen LogP) is 0.543. The lowest BCUT2D eigenvalue weighted by Crippen LogP contribution is -2.43. The monoisotopic (exact) mass is 254 g/mol. The van der Waals surface area contributed by atoms with Gasteiger partial charge in [0.05, 0.1) is 6.54 Å². The number of aliphatic hydroxyl groups is 1. The molecule has 0 aromatic heterocycles. The van der Waals surface area contributed by atoms with Gasteiger partial charge in [0.25, 0.3) is 0 Å². The second-order valence-corrected chi connectivity index (χ2v) is 4.41. The molecule has 0 bridgehead atoms. The van der Waals surface area contributed by atoms with Gasteiger partial charge in [0.2, 0.25) is 5.91 Å². The van der Waals surface area contributed by atoms with Crippen molar-refractivity contribution in [2.45, 2.75) is 44.0 Å². The number of nitrogens with one attached hydrogen (secondary N) is 1. The lowest BCUT2D eigenvalue weighted by Gasteiger charge is -2.25. The van der Waals surface area contributed by atoms with Crippen molar-refractivity contribution in [3.63, 3.8) is 0 Å². The van der Waals surface area contributed by atoms with Crippen molar-refractivity contribution >= 4 is 5.91 Å². The Hall–Kier alpha value is -0.820. The summed E-state index contributed by atoms with van der Waals surface area (Å²) in [6.45, 7) is -0.787. The Labute approximate surface area is 97.4 Å². The van der Waals surface area contributed by atoms with Crippen LogP contribution in [0.4, 0.5) is 13.2 Å². The van der Waals surface area contributed by atoms with Crippen LogP contribution in [0.1, 0.15) is 25.7 Å². The van der Waals surface area contributed by atoms with Gasteiger partial charge in [0.15, 0.2) is 6.10 Å². The number of amides is 1. The number of hydrogen-bond donors (Lipinski definition) is 3. The van der Waals surface area contributed by atoms with Crippen LogP contribution in [0.25, 0.3) is 0 Å². The predicted molar refractivity (Wildman–Crippen MR) is 55.0 cm³/mol. The van der Waals surface area contributed by atoms with E-state index in [-0.39, 0.29) is 12.0 Å². The van der Waals surface area contributed by atoms with Crippen molar-refractivity contribution < 1.29 is 23.1 Å². The number of rotatable bonds is 3. The van der Waals surface area contributed by atoms with E-state index in [4.69, 9.17) is 10.8 Å². The molecule has 1 saturated carbocycles. The van der Waals surface area contributed by atoms with E-state index in [0.29, 0.717) is 25.7 Å². The fraction of sp³-hybridized carbons (Fsp3) is 0.900. The Balaban J connectivity index is 2.30. The van der Waals surface area contributed by atoms with Gasteiger partial charge in [-0.1, -0.05) is 0 Å². The molecule has 1 rings (SSSR count). The smallest absolute Gasteiger partial charge is 0.382 e. The maximum absolute atomic E-state index is 12.0. The molecule has 7 heteroatoms. The Morgan fingerprint density at radius 1 is 1.35 bits per heavy atom. The molecule has 17 heavy (non-hydrogen) atoms. The number of carbonyl (C=O) groups is 1. The lowest BCUT2D eigenvalue weighted by molar-refractivity contribution is -0.202. The van der Waals surface area contributed by atoms with Gasteiger partial charge in [0.1, 0.15) is 0 Å². The van der Waals surface area contributed by atoms with Gasteiger partial charge < -0.3 is 16.2 Å². The highest BCUT2D eigenvalue weighted by molar-refractivity contribution is 5.78. The highest BCUT2D eigenvalue weighted by Crippen LogP contribution is 2.23. The summed E-state index contributed by atoms with van der Waals surface area (Å²) in [6.07, 6.45) is -4.59. The van der Waals surface area contributed by atoms with E-state index in [9.17, 15) is 18.0 Å². The average Bonchev–Trinajstić information content (AvgIpc) is 2.25. The minimum Gasteiger partial charge on any atom is -0.382 e. The molecule has 0 saturated heterocycles. The van der Waals surface area contributed by atoms with Gasteiger partial charge in [-0.15, -0.1) is 0 Å². The van der Waals surface area contributed by atoms with Crippen LogP contribution in [0.5, 0.6) is 0 Å². The van der Waals surface area contributed by atoms with Gasteiger partial charge in [-0.2, -0.15) is 13.2 Å². The third-order valence-electron chi connectivity index (χ3n) is 2.99. The first-order chi connectivity index (χ1) is 7.80. The summed E-state index contributed by atoms with van der Waals surface area (Å²) in [5.41, 5.74) is 5.66. The second-order valence-electron chi connectivity index (χ2n) is 4.41. The third kappa shape index (κ3) is 4.51. The molecule has 0 spiro atoms. The van der Waals surface area contributed by atoms with E-state index in [0.717, 1.165) is 0 Å². The average molecular weight is 254 g/mol. The Morgan fingerprint density at radius 3 is 2.35 bits per heavy atom. The molecular formula is C10H17F3N2O2. The lowest BCUT2D eigenvalue weighted by atomic mass is 9.86. The van der Waals surface area contributed by atoms with E-state index >= 15 is 0 Å². The Morgan fingerprint density at radius 2 is 1.88 bits per heavy atom. The molecule has 1 aliphatic carbocycles.